The minimum Gasteiger partial charge on any atom is -0.176 e. The molecule has 0 bridgehead atoms. The van der Waals surface area contributed by atoms with Gasteiger partial charge in [-0.1, -0.05) is 12.8 Å². The first-order valence-corrected chi connectivity index (χ1v) is 3.83. The first-order valence-electron chi connectivity index (χ1n) is 3.32. The molecule has 0 amide bonds. The van der Waals surface area contributed by atoms with Crippen molar-refractivity contribution in [2.24, 2.45) is 5.92 Å². The molecule has 1 atom stereocenters. The van der Waals surface area contributed by atoms with Gasteiger partial charge in [-0.05, 0) is 25.7 Å². The fourth-order valence-corrected chi connectivity index (χ4v) is 1.64. The van der Waals surface area contributed by atoms with Crippen molar-refractivity contribution in [3.05, 3.63) is 6.92 Å². The van der Waals surface area contributed by atoms with Gasteiger partial charge in [0, 0.05) is 5.25 Å². The SMILES string of the molecule is [CH2]C(S)C1CCCC1. The van der Waals surface area contributed by atoms with Gasteiger partial charge in [0.15, 0.2) is 0 Å². The highest BCUT2D eigenvalue weighted by Crippen LogP contribution is 2.29. The van der Waals surface area contributed by atoms with Gasteiger partial charge >= 0.3 is 0 Å². The van der Waals surface area contributed by atoms with Gasteiger partial charge in [-0.3, -0.25) is 0 Å². The molecule has 1 heteroatoms. The Bertz CT molecular complexity index is 62.8. The van der Waals surface area contributed by atoms with Crippen LogP contribution in [0.4, 0.5) is 0 Å². The summed E-state index contributed by atoms with van der Waals surface area (Å²) in [6.45, 7) is 3.88. The predicted octanol–water partition coefficient (Wildman–Crippen LogP) is 2.31. The molecule has 1 aliphatic carbocycles. The third kappa shape index (κ3) is 1.41. The summed E-state index contributed by atoms with van der Waals surface area (Å²) in [7, 11) is 0. The second-order valence-electron chi connectivity index (χ2n) is 2.61. The monoisotopic (exact) mass is 129 g/mol. The fraction of sp³-hybridized carbons (Fsp3) is 0.857. The van der Waals surface area contributed by atoms with Gasteiger partial charge < -0.3 is 0 Å². The molecule has 47 valence electrons. The highest BCUT2D eigenvalue weighted by Gasteiger charge is 2.18. The van der Waals surface area contributed by atoms with Crippen molar-refractivity contribution < 1.29 is 0 Å². The number of rotatable bonds is 1. The molecule has 1 rings (SSSR count). The first kappa shape index (κ1) is 6.47. The van der Waals surface area contributed by atoms with Gasteiger partial charge in [-0.25, -0.2) is 0 Å². The van der Waals surface area contributed by atoms with Crippen LogP contribution in [-0.2, 0) is 0 Å². The number of hydrogen-bond donors (Lipinski definition) is 1. The lowest BCUT2D eigenvalue weighted by atomic mass is 10.1. The maximum Gasteiger partial charge on any atom is 0.00454 e. The summed E-state index contributed by atoms with van der Waals surface area (Å²) >= 11 is 4.28. The quantitative estimate of drug-likeness (QED) is 0.516. The molecule has 0 aromatic carbocycles. The summed E-state index contributed by atoms with van der Waals surface area (Å²) < 4.78 is 0. The molecule has 1 saturated carbocycles. The second-order valence-corrected chi connectivity index (χ2v) is 3.28. The zero-order valence-electron chi connectivity index (χ0n) is 5.14. The maximum atomic E-state index is 4.28. The molecule has 0 saturated heterocycles. The van der Waals surface area contributed by atoms with E-state index in [2.05, 4.69) is 19.6 Å². The topological polar surface area (TPSA) is 0 Å². The molecule has 1 aliphatic rings. The van der Waals surface area contributed by atoms with Crippen molar-refractivity contribution in [3.8, 4) is 0 Å². The van der Waals surface area contributed by atoms with E-state index in [1.165, 1.54) is 25.7 Å². The largest absolute Gasteiger partial charge is 0.176 e. The molecule has 0 spiro atoms. The van der Waals surface area contributed by atoms with E-state index in [9.17, 15) is 0 Å². The summed E-state index contributed by atoms with van der Waals surface area (Å²) in [5.74, 6) is 0.818. The van der Waals surface area contributed by atoms with Gasteiger partial charge in [-0.2, -0.15) is 12.6 Å². The van der Waals surface area contributed by atoms with Crippen molar-refractivity contribution in [2.45, 2.75) is 30.9 Å². The van der Waals surface area contributed by atoms with Crippen LogP contribution in [0.25, 0.3) is 0 Å². The lowest BCUT2D eigenvalue weighted by Crippen LogP contribution is -2.05. The van der Waals surface area contributed by atoms with Crippen molar-refractivity contribution in [1.29, 1.82) is 0 Å². The molecule has 0 aromatic heterocycles. The third-order valence-corrected chi connectivity index (χ3v) is 2.37. The summed E-state index contributed by atoms with van der Waals surface area (Å²) in [4.78, 5) is 0. The van der Waals surface area contributed by atoms with Gasteiger partial charge in [-0.15, -0.1) is 0 Å². The standard InChI is InChI=1S/C7H13S/c1-6(8)7-4-2-3-5-7/h6-8H,1-5H2. The molecule has 1 fully saturated rings. The zero-order valence-corrected chi connectivity index (χ0v) is 6.03. The first-order chi connectivity index (χ1) is 3.80. The van der Waals surface area contributed by atoms with Crippen LogP contribution in [0.2, 0.25) is 0 Å². The lowest BCUT2D eigenvalue weighted by Gasteiger charge is -2.10. The van der Waals surface area contributed by atoms with E-state index < -0.39 is 0 Å². The highest BCUT2D eigenvalue weighted by atomic mass is 32.1. The van der Waals surface area contributed by atoms with Crippen LogP contribution in [0.3, 0.4) is 0 Å². The molecule has 8 heavy (non-hydrogen) atoms. The van der Waals surface area contributed by atoms with E-state index in [4.69, 9.17) is 0 Å². The molecule has 0 aliphatic heterocycles. The Morgan fingerprint density at radius 2 is 1.88 bits per heavy atom. The minimum atomic E-state index is 0.387. The Morgan fingerprint density at radius 1 is 1.38 bits per heavy atom. The highest BCUT2D eigenvalue weighted by molar-refractivity contribution is 7.81. The van der Waals surface area contributed by atoms with E-state index in [1.54, 1.807) is 0 Å². The molecule has 0 nitrogen and oxygen atoms in total. The Hall–Kier alpha value is 0.350. The summed E-state index contributed by atoms with van der Waals surface area (Å²) in [6, 6.07) is 0. The average Bonchev–Trinajstić information content (AvgIpc) is 2.12. The van der Waals surface area contributed by atoms with Gasteiger partial charge in [0.05, 0.1) is 0 Å². The van der Waals surface area contributed by atoms with Crippen LogP contribution in [0, 0.1) is 12.8 Å². The van der Waals surface area contributed by atoms with Crippen LogP contribution in [0.5, 0.6) is 0 Å². The van der Waals surface area contributed by atoms with Crippen molar-refractivity contribution >= 4 is 12.6 Å². The van der Waals surface area contributed by atoms with E-state index in [0.717, 1.165) is 5.92 Å². The summed E-state index contributed by atoms with van der Waals surface area (Å²) in [5, 5.41) is 0.387. The summed E-state index contributed by atoms with van der Waals surface area (Å²) in [6.07, 6.45) is 5.52. The maximum absolute atomic E-state index is 4.28. The third-order valence-electron chi connectivity index (χ3n) is 1.94. The van der Waals surface area contributed by atoms with Crippen LogP contribution < -0.4 is 0 Å². The average molecular weight is 129 g/mol. The summed E-state index contributed by atoms with van der Waals surface area (Å²) in [5.41, 5.74) is 0. The molecule has 1 radical (unpaired) electrons. The number of thiol groups is 1. The molecule has 0 heterocycles. The number of hydrogen-bond acceptors (Lipinski definition) is 1. The Balaban J connectivity index is 2.24. The predicted molar refractivity (Wildman–Crippen MR) is 40.1 cm³/mol. The lowest BCUT2D eigenvalue weighted by molar-refractivity contribution is 0.570. The molecule has 0 aromatic rings. The van der Waals surface area contributed by atoms with Crippen LogP contribution in [-0.4, -0.2) is 5.25 Å². The van der Waals surface area contributed by atoms with Crippen molar-refractivity contribution in [2.75, 3.05) is 0 Å². The zero-order chi connectivity index (χ0) is 5.98. The van der Waals surface area contributed by atoms with Gasteiger partial charge in [0.1, 0.15) is 0 Å². The molecule has 0 N–H and O–H groups in total. The smallest absolute Gasteiger partial charge is 0.00454 e. The minimum absolute atomic E-state index is 0.387. The second kappa shape index (κ2) is 2.77. The van der Waals surface area contributed by atoms with E-state index in [0.29, 0.717) is 5.25 Å². The van der Waals surface area contributed by atoms with Crippen LogP contribution in [0.15, 0.2) is 0 Å². The van der Waals surface area contributed by atoms with Crippen molar-refractivity contribution in [3.63, 3.8) is 0 Å². The van der Waals surface area contributed by atoms with Crippen LogP contribution in [0.1, 0.15) is 25.7 Å². The van der Waals surface area contributed by atoms with E-state index in [-0.39, 0.29) is 0 Å². The Kier molecular flexibility index (Phi) is 2.24. The molecular formula is C7H13S. The van der Waals surface area contributed by atoms with E-state index in [1.807, 2.05) is 0 Å². The van der Waals surface area contributed by atoms with Crippen molar-refractivity contribution in [1.82, 2.24) is 0 Å². The van der Waals surface area contributed by atoms with Gasteiger partial charge in [0.25, 0.3) is 0 Å². The Morgan fingerprint density at radius 3 is 2.12 bits per heavy atom. The molecular weight excluding hydrogens is 116 g/mol. The molecule has 1 unspecified atom stereocenters. The normalized spacial score (nSPS) is 26.2. The van der Waals surface area contributed by atoms with Gasteiger partial charge in [0.2, 0.25) is 0 Å². The van der Waals surface area contributed by atoms with E-state index >= 15 is 0 Å². The van der Waals surface area contributed by atoms with Crippen LogP contribution >= 0.6 is 12.6 Å². The fourth-order valence-electron chi connectivity index (χ4n) is 1.34. The Labute approximate surface area is 57.1 Å².